The summed E-state index contributed by atoms with van der Waals surface area (Å²) in [5.41, 5.74) is 5.56. The number of amides is 1. The number of hydrogen-bond acceptors (Lipinski definition) is 3. The van der Waals surface area contributed by atoms with Crippen LogP contribution in [0.4, 0.5) is 0 Å². The first-order chi connectivity index (χ1) is 8.16. The van der Waals surface area contributed by atoms with E-state index in [0.717, 1.165) is 25.9 Å². The predicted molar refractivity (Wildman–Crippen MR) is 66.5 cm³/mol. The Morgan fingerprint density at radius 3 is 2.94 bits per heavy atom. The van der Waals surface area contributed by atoms with Crippen LogP contribution >= 0.6 is 11.6 Å². The first-order valence-electron chi connectivity index (χ1n) is 5.63. The normalized spacial score (nSPS) is 19.9. The number of piperidine rings is 1. The Morgan fingerprint density at radius 1 is 1.53 bits per heavy atom. The number of ether oxygens (including phenoxy) is 1. The summed E-state index contributed by atoms with van der Waals surface area (Å²) >= 11 is 6.04. The third-order valence-electron chi connectivity index (χ3n) is 2.76. The first-order valence-corrected chi connectivity index (χ1v) is 6.01. The fourth-order valence-electron chi connectivity index (χ4n) is 1.85. The van der Waals surface area contributed by atoms with Gasteiger partial charge in [-0.1, -0.05) is 11.6 Å². The van der Waals surface area contributed by atoms with Crippen LogP contribution in [0, 0.1) is 0 Å². The average molecular weight is 255 g/mol. The Morgan fingerprint density at radius 2 is 2.35 bits per heavy atom. The standard InChI is InChI=1S/C12H15ClN2O2/c13-10-6-8(12(14)16)3-4-11(10)17-9-2-1-5-15-7-9/h3-4,6,9,15H,1-2,5,7H2,(H2,14,16)/t9-/m0/s1. The molecule has 4 nitrogen and oxygen atoms in total. The summed E-state index contributed by atoms with van der Waals surface area (Å²) < 4.78 is 5.77. The molecule has 1 saturated heterocycles. The third kappa shape index (κ3) is 3.11. The van der Waals surface area contributed by atoms with Crippen molar-refractivity contribution in [1.29, 1.82) is 0 Å². The molecule has 0 aliphatic carbocycles. The first kappa shape index (κ1) is 12.2. The van der Waals surface area contributed by atoms with Gasteiger partial charge in [-0.3, -0.25) is 4.79 Å². The van der Waals surface area contributed by atoms with Gasteiger partial charge in [0.25, 0.3) is 0 Å². The molecule has 1 amide bonds. The third-order valence-corrected chi connectivity index (χ3v) is 3.06. The molecule has 1 heterocycles. The van der Waals surface area contributed by atoms with E-state index in [1.165, 1.54) is 6.07 Å². The molecule has 0 saturated carbocycles. The zero-order valence-corrected chi connectivity index (χ0v) is 10.2. The van der Waals surface area contributed by atoms with E-state index in [2.05, 4.69) is 5.32 Å². The Hall–Kier alpha value is -1.26. The lowest BCUT2D eigenvalue weighted by atomic mass is 10.1. The Balaban J connectivity index is 2.08. The van der Waals surface area contributed by atoms with Crippen molar-refractivity contribution in [2.45, 2.75) is 18.9 Å². The lowest BCUT2D eigenvalue weighted by molar-refractivity contribution is 0.1000. The Bertz CT molecular complexity index is 417. The number of carbonyl (C=O) groups is 1. The van der Waals surface area contributed by atoms with Gasteiger partial charge in [0.05, 0.1) is 5.02 Å². The topological polar surface area (TPSA) is 64.4 Å². The number of hydrogen-bond donors (Lipinski definition) is 2. The van der Waals surface area contributed by atoms with Gasteiger partial charge < -0.3 is 15.8 Å². The van der Waals surface area contributed by atoms with Crippen LogP contribution in [0.25, 0.3) is 0 Å². The number of rotatable bonds is 3. The molecule has 1 aromatic rings. The molecule has 1 fully saturated rings. The molecule has 0 radical (unpaired) electrons. The second kappa shape index (κ2) is 5.38. The number of nitrogens with one attached hydrogen (secondary N) is 1. The molecule has 0 unspecified atom stereocenters. The highest BCUT2D eigenvalue weighted by atomic mass is 35.5. The highest BCUT2D eigenvalue weighted by molar-refractivity contribution is 6.32. The fourth-order valence-corrected chi connectivity index (χ4v) is 2.07. The number of nitrogens with two attached hydrogens (primary N) is 1. The monoisotopic (exact) mass is 254 g/mol. The van der Waals surface area contributed by atoms with Crippen LogP contribution in [-0.4, -0.2) is 25.1 Å². The quantitative estimate of drug-likeness (QED) is 0.861. The largest absolute Gasteiger partial charge is 0.488 e. The SMILES string of the molecule is NC(=O)c1ccc(O[C@H]2CCCNC2)c(Cl)c1. The summed E-state index contributed by atoms with van der Waals surface area (Å²) in [6, 6.07) is 4.85. The fraction of sp³-hybridized carbons (Fsp3) is 0.417. The minimum Gasteiger partial charge on any atom is -0.488 e. The van der Waals surface area contributed by atoms with E-state index in [0.29, 0.717) is 16.3 Å². The summed E-state index contributed by atoms with van der Waals surface area (Å²) in [5, 5.41) is 3.68. The van der Waals surface area contributed by atoms with Crippen LogP contribution in [0.3, 0.4) is 0 Å². The van der Waals surface area contributed by atoms with Gasteiger partial charge in [-0.25, -0.2) is 0 Å². The van der Waals surface area contributed by atoms with Gasteiger partial charge in [-0.2, -0.15) is 0 Å². The van der Waals surface area contributed by atoms with Crippen molar-refractivity contribution in [1.82, 2.24) is 5.32 Å². The van der Waals surface area contributed by atoms with Crippen LogP contribution in [0.15, 0.2) is 18.2 Å². The van der Waals surface area contributed by atoms with Gasteiger partial charge >= 0.3 is 0 Å². The summed E-state index contributed by atoms with van der Waals surface area (Å²) in [6.07, 6.45) is 2.25. The van der Waals surface area contributed by atoms with Crippen LogP contribution in [-0.2, 0) is 0 Å². The molecule has 1 aromatic carbocycles. The van der Waals surface area contributed by atoms with Gasteiger partial charge in [-0.15, -0.1) is 0 Å². The Labute approximate surface area is 105 Å². The van der Waals surface area contributed by atoms with Crippen LogP contribution < -0.4 is 15.8 Å². The van der Waals surface area contributed by atoms with Crippen molar-refractivity contribution < 1.29 is 9.53 Å². The summed E-state index contributed by atoms with van der Waals surface area (Å²) in [7, 11) is 0. The molecule has 0 spiro atoms. The highest BCUT2D eigenvalue weighted by Gasteiger charge is 2.16. The molecule has 1 aliphatic heterocycles. The predicted octanol–water partition coefficient (Wildman–Crippen LogP) is 1.57. The highest BCUT2D eigenvalue weighted by Crippen LogP contribution is 2.27. The number of carbonyl (C=O) groups excluding carboxylic acids is 1. The molecular formula is C12H15ClN2O2. The van der Waals surface area contributed by atoms with Gasteiger partial charge in [0.1, 0.15) is 11.9 Å². The minimum atomic E-state index is -0.488. The number of primary amides is 1. The lowest BCUT2D eigenvalue weighted by Gasteiger charge is -2.24. The molecule has 92 valence electrons. The second-order valence-corrected chi connectivity index (χ2v) is 4.50. The summed E-state index contributed by atoms with van der Waals surface area (Å²) in [6.45, 7) is 1.86. The van der Waals surface area contributed by atoms with Crippen molar-refractivity contribution in [3.8, 4) is 5.75 Å². The number of benzene rings is 1. The molecule has 2 rings (SSSR count). The Kier molecular flexibility index (Phi) is 3.86. The average Bonchev–Trinajstić information content (AvgIpc) is 2.33. The van der Waals surface area contributed by atoms with E-state index in [9.17, 15) is 4.79 Å². The maximum Gasteiger partial charge on any atom is 0.248 e. The zero-order chi connectivity index (χ0) is 12.3. The smallest absolute Gasteiger partial charge is 0.248 e. The molecule has 0 aromatic heterocycles. The van der Waals surface area contributed by atoms with E-state index < -0.39 is 5.91 Å². The molecule has 17 heavy (non-hydrogen) atoms. The number of halogens is 1. The lowest BCUT2D eigenvalue weighted by Crippen LogP contribution is -2.37. The van der Waals surface area contributed by atoms with Gasteiger partial charge in [-0.05, 0) is 37.6 Å². The van der Waals surface area contributed by atoms with Crippen molar-refractivity contribution in [3.63, 3.8) is 0 Å². The van der Waals surface area contributed by atoms with Crippen molar-refractivity contribution in [2.24, 2.45) is 5.73 Å². The maximum absolute atomic E-state index is 11.0. The second-order valence-electron chi connectivity index (χ2n) is 4.10. The molecule has 5 heteroatoms. The van der Waals surface area contributed by atoms with E-state index in [4.69, 9.17) is 22.1 Å². The minimum absolute atomic E-state index is 0.140. The van der Waals surface area contributed by atoms with Crippen molar-refractivity contribution in [3.05, 3.63) is 28.8 Å². The van der Waals surface area contributed by atoms with E-state index in [1.54, 1.807) is 12.1 Å². The molecular weight excluding hydrogens is 240 g/mol. The van der Waals surface area contributed by atoms with Gasteiger partial charge in [0, 0.05) is 12.1 Å². The van der Waals surface area contributed by atoms with E-state index in [-0.39, 0.29) is 6.10 Å². The summed E-state index contributed by atoms with van der Waals surface area (Å²) in [5.74, 6) is 0.114. The zero-order valence-electron chi connectivity index (χ0n) is 9.41. The van der Waals surface area contributed by atoms with Crippen LogP contribution in [0.5, 0.6) is 5.75 Å². The van der Waals surface area contributed by atoms with E-state index >= 15 is 0 Å². The van der Waals surface area contributed by atoms with Crippen LogP contribution in [0.2, 0.25) is 5.02 Å². The molecule has 3 N–H and O–H groups in total. The van der Waals surface area contributed by atoms with Gasteiger partial charge in [0.2, 0.25) is 5.91 Å². The van der Waals surface area contributed by atoms with Crippen molar-refractivity contribution in [2.75, 3.05) is 13.1 Å². The van der Waals surface area contributed by atoms with Gasteiger partial charge in [0.15, 0.2) is 0 Å². The van der Waals surface area contributed by atoms with Crippen LogP contribution in [0.1, 0.15) is 23.2 Å². The molecule has 0 bridgehead atoms. The van der Waals surface area contributed by atoms with Crippen molar-refractivity contribution >= 4 is 17.5 Å². The molecule has 1 aliphatic rings. The van der Waals surface area contributed by atoms with E-state index in [1.807, 2.05) is 0 Å². The molecule has 1 atom stereocenters. The maximum atomic E-state index is 11.0. The summed E-state index contributed by atoms with van der Waals surface area (Å²) in [4.78, 5) is 11.0.